The molecule has 1 aliphatic rings. The van der Waals surface area contributed by atoms with Crippen molar-refractivity contribution >= 4 is 5.91 Å². The Morgan fingerprint density at radius 3 is 1.92 bits per heavy atom. The molecule has 0 saturated heterocycles. The Kier molecular flexibility index (Phi) is 2.40. The Bertz CT molecular complexity index is 252. The van der Waals surface area contributed by atoms with Crippen molar-refractivity contribution in [2.24, 2.45) is 22.1 Å². The van der Waals surface area contributed by atoms with E-state index >= 15 is 0 Å². The molecule has 0 bridgehead atoms. The molecule has 3 heteroatoms. The third-order valence-electron chi connectivity index (χ3n) is 1.88. The second kappa shape index (κ2) is 3.17. The first-order valence-electron chi connectivity index (χ1n) is 4.24. The molecule has 0 unspecified atom stereocenters. The highest BCUT2D eigenvalue weighted by atomic mass is 16.2. The number of hydrogen-bond acceptors (Lipinski definition) is 2. The molecule has 0 aromatic heterocycles. The largest absolute Gasteiger partial charge is 0.293 e. The SMILES string of the molecule is CC(C)C1=C(C(C)C)C(=O)N=N1. The normalized spacial score (nSPS) is 17.3. The minimum atomic E-state index is -0.159. The van der Waals surface area contributed by atoms with E-state index in [1.807, 2.05) is 27.7 Å². The molecule has 66 valence electrons. The van der Waals surface area contributed by atoms with E-state index in [1.165, 1.54) is 0 Å². The summed E-state index contributed by atoms with van der Waals surface area (Å²) in [5.74, 6) is 0.358. The van der Waals surface area contributed by atoms with Gasteiger partial charge in [0.25, 0.3) is 5.91 Å². The number of carbonyl (C=O) groups excluding carboxylic acids is 1. The van der Waals surface area contributed by atoms with Crippen molar-refractivity contribution in [2.75, 3.05) is 0 Å². The first-order chi connectivity index (χ1) is 5.54. The molecule has 1 aliphatic heterocycles. The molecule has 12 heavy (non-hydrogen) atoms. The van der Waals surface area contributed by atoms with Gasteiger partial charge < -0.3 is 0 Å². The first kappa shape index (κ1) is 9.10. The van der Waals surface area contributed by atoms with Gasteiger partial charge in [-0.25, -0.2) is 0 Å². The van der Waals surface area contributed by atoms with Crippen LogP contribution < -0.4 is 0 Å². The summed E-state index contributed by atoms with van der Waals surface area (Å²) in [4.78, 5) is 11.2. The topological polar surface area (TPSA) is 41.8 Å². The van der Waals surface area contributed by atoms with Crippen molar-refractivity contribution in [3.8, 4) is 0 Å². The molecule has 0 N–H and O–H groups in total. The summed E-state index contributed by atoms with van der Waals surface area (Å²) in [5, 5.41) is 7.43. The number of azo groups is 1. The molecular weight excluding hydrogens is 152 g/mol. The molecule has 1 heterocycles. The highest BCUT2D eigenvalue weighted by Crippen LogP contribution is 2.28. The van der Waals surface area contributed by atoms with Crippen LogP contribution >= 0.6 is 0 Å². The lowest BCUT2D eigenvalue weighted by Crippen LogP contribution is -2.06. The third-order valence-corrected chi connectivity index (χ3v) is 1.88. The Labute approximate surface area is 72.6 Å². The van der Waals surface area contributed by atoms with E-state index in [9.17, 15) is 4.79 Å². The predicted molar refractivity (Wildman–Crippen MR) is 46.6 cm³/mol. The lowest BCUT2D eigenvalue weighted by Gasteiger charge is -2.08. The van der Waals surface area contributed by atoms with Gasteiger partial charge in [0.2, 0.25) is 0 Å². The summed E-state index contributed by atoms with van der Waals surface area (Å²) in [6, 6.07) is 0. The Morgan fingerprint density at radius 1 is 1.00 bits per heavy atom. The van der Waals surface area contributed by atoms with E-state index in [0.29, 0.717) is 0 Å². The third kappa shape index (κ3) is 1.44. The molecular formula is C9H14N2O. The minimum absolute atomic E-state index is 0.159. The summed E-state index contributed by atoms with van der Waals surface area (Å²) in [6.45, 7) is 8.03. The second-order valence-electron chi connectivity index (χ2n) is 3.61. The second-order valence-corrected chi connectivity index (χ2v) is 3.61. The number of amides is 1. The van der Waals surface area contributed by atoms with Crippen LogP contribution in [0.25, 0.3) is 0 Å². The quantitative estimate of drug-likeness (QED) is 0.621. The van der Waals surface area contributed by atoms with E-state index in [0.717, 1.165) is 11.3 Å². The molecule has 0 aliphatic carbocycles. The molecule has 0 radical (unpaired) electrons. The van der Waals surface area contributed by atoms with Crippen molar-refractivity contribution in [2.45, 2.75) is 27.7 Å². The van der Waals surface area contributed by atoms with Crippen LogP contribution in [0.1, 0.15) is 27.7 Å². The van der Waals surface area contributed by atoms with Crippen LogP contribution in [0.5, 0.6) is 0 Å². The summed E-state index contributed by atoms with van der Waals surface area (Å²) < 4.78 is 0. The molecule has 0 saturated carbocycles. The van der Waals surface area contributed by atoms with Crippen molar-refractivity contribution in [3.63, 3.8) is 0 Å². The van der Waals surface area contributed by atoms with Crippen LogP contribution in [-0.4, -0.2) is 5.91 Å². The zero-order valence-corrected chi connectivity index (χ0v) is 7.96. The maximum atomic E-state index is 11.2. The molecule has 0 aromatic rings. The maximum absolute atomic E-state index is 11.2. The van der Waals surface area contributed by atoms with Crippen molar-refractivity contribution < 1.29 is 4.79 Å². The van der Waals surface area contributed by atoms with Gasteiger partial charge in [0.05, 0.1) is 5.70 Å². The van der Waals surface area contributed by atoms with Crippen LogP contribution in [0.15, 0.2) is 21.5 Å². The molecule has 1 rings (SSSR count). The van der Waals surface area contributed by atoms with E-state index in [4.69, 9.17) is 0 Å². The van der Waals surface area contributed by atoms with Gasteiger partial charge in [-0.3, -0.25) is 4.79 Å². The molecule has 0 atom stereocenters. The summed E-state index contributed by atoms with van der Waals surface area (Å²) in [6.07, 6.45) is 0. The number of nitrogens with zero attached hydrogens (tertiary/aromatic N) is 2. The molecule has 0 fully saturated rings. The smallest absolute Gasteiger partial charge is 0.265 e. The highest BCUT2D eigenvalue weighted by molar-refractivity contribution is 5.96. The van der Waals surface area contributed by atoms with Crippen LogP contribution in [0.3, 0.4) is 0 Å². The average Bonchev–Trinajstić information content (AvgIpc) is 2.30. The van der Waals surface area contributed by atoms with E-state index in [1.54, 1.807) is 0 Å². The Balaban J connectivity index is 3.05. The van der Waals surface area contributed by atoms with E-state index in [2.05, 4.69) is 10.2 Å². The first-order valence-corrected chi connectivity index (χ1v) is 4.24. The van der Waals surface area contributed by atoms with Gasteiger partial charge in [0.15, 0.2) is 0 Å². The average molecular weight is 166 g/mol. The zero-order valence-electron chi connectivity index (χ0n) is 7.96. The van der Waals surface area contributed by atoms with Crippen molar-refractivity contribution in [1.29, 1.82) is 0 Å². The maximum Gasteiger partial charge on any atom is 0.293 e. The monoisotopic (exact) mass is 166 g/mol. The fourth-order valence-corrected chi connectivity index (χ4v) is 1.29. The van der Waals surface area contributed by atoms with Crippen molar-refractivity contribution in [3.05, 3.63) is 11.3 Å². The van der Waals surface area contributed by atoms with Gasteiger partial charge in [-0.1, -0.05) is 27.7 Å². The van der Waals surface area contributed by atoms with Gasteiger partial charge in [-0.15, -0.1) is 5.11 Å². The molecule has 3 nitrogen and oxygen atoms in total. The lowest BCUT2D eigenvalue weighted by atomic mass is 9.96. The van der Waals surface area contributed by atoms with Gasteiger partial charge >= 0.3 is 0 Å². The number of carbonyl (C=O) groups is 1. The van der Waals surface area contributed by atoms with Crippen LogP contribution in [0.4, 0.5) is 0 Å². The highest BCUT2D eigenvalue weighted by Gasteiger charge is 2.25. The predicted octanol–water partition coefficient (Wildman–Crippen LogP) is 2.54. The van der Waals surface area contributed by atoms with E-state index in [-0.39, 0.29) is 17.7 Å². The van der Waals surface area contributed by atoms with Gasteiger partial charge in [0.1, 0.15) is 0 Å². The van der Waals surface area contributed by atoms with Crippen LogP contribution in [0.2, 0.25) is 0 Å². The van der Waals surface area contributed by atoms with Crippen molar-refractivity contribution in [1.82, 2.24) is 0 Å². The molecule has 0 aromatic carbocycles. The van der Waals surface area contributed by atoms with Gasteiger partial charge in [0, 0.05) is 5.57 Å². The Hall–Kier alpha value is -0.990. The minimum Gasteiger partial charge on any atom is -0.265 e. The number of hydrogen-bond donors (Lipinski definition) is 0. The Morgan fingerprint density at radius 2 is 1.58 bits per heavy atom. The number of allylic oxidation sites excluding steroid dienone is 1. The molecule has 1 amide bonds. The van der Waals surface area contributed by atoms with Crippen LogP contribution in [0, 0.1) is 11.8 Å². The van der Waals surface area contributed by atoms with Gasteiger partial charge in [-0.05, 0) is 11.8 Å². The zero-order chi connectivity index (χ0) is 9.30. The van der Waals surface area contributed by atoms with E-state index < -0.39 is 0 Å². The summed E-state index contributed by atoms with van der Waals surface area (Å²) in [5.41, 5.74) is 1.64. The van der Waals surface area contributed by atoms with Crippen LogP contribution in [-0.2, 0) is 4.79 Å². The van der Waals surface area contributed by atoms with Gasteiger partial charge in [-0.2, -0.15) is 5.11 Å². The number of rotatable bonds is 2. The standard InChI is InChI=1S/C9H14N2O/c1-5(2)7-8(6(3)4)10-11-9(7)12/h5-6H,1-4H3. The molecule has 0 spiro atoms. The lowest BCUT2D eigenvalue weighted by molar-refractivity contribution is -0.114. The fourth-order valence-electron chi connectivity index (χ4n) is 1.29. The summed E-state index contributed by atoms with van der Waals surface area (Å²) in [7, 11) is 0. The summed E-state index contributed by atoms with van der Waals surface area (Å²) >= 11 is 0. The fraction of sp³-hybridized carbons (Fsp3) is 0.667.